The van der Waals surface area contributed by atoms with Gasteiger partial charge in [0, 0.05) is 26.9 Å². The molecule has 1 aliphatic heterocycles. The van der Waals surface area contributed by atoms with Crippen molar-refractivity contribution in [3.05, 3.63) is 0 Å². The predicted octanol–water partition coefficient (Wildman–Crippen LogP) is 0.672. The van der Waals surface area contributed by atoms with E-state index in [2.05, 4.69) is 26.1 Å². The van der Waals surface area contributed by atoms with E-state index in [1.165, 1.54) is 0 Å². The molecule has 1 rings (SSSR count). The lowest BCUT2D eigenvalue weighted by atomic mass is 9.87. The van der Waals surface area contributed by atoms with E-state index in [0.717, 1.165) is 0 Å². The number of methoxy groups -OCH3 is 1. The Hall–Kier alpha value is -0.650. The third kappa shape index (κ3) is 3.93. The first kappa shape index (κ1) is 15.4. The SMILES string of the molecule is COC(CNC(=O)C1(N)CCOCC1)C(C)(C)C. The Morgan fingerprint density at radius 2 is 2.00 bits per heavy atom. The van der Waals surface area contributed by atoms with Crippen molar-refractivity contribution < 1.29 is 14.3 Å². The second-order valence-corrected chi connectivity index (χ2v) is 6.07. The molecule has 1 aliphatic rings. The minimum atomic E-state index is -0.783. The quantitative estimate of drug-likeness (QED) is 0.777. The van der Waals surface area contributed by atoms with Crippen LogP contribution in [0.2, 0.25) is 0 Å². The molecule has 0 aromatic heterocycles. The molecule has 5 heteroatoms. The van der Waals surface area contributed by atoms with Crippen molar-refractivity contribution in [3.8, 4) is 0 Å². The average molecular weight is 258 g/mol. The van der Waals surface area contributed by atoms with Gasteiger partial charge in [-0.15, -0.1) is 0 Å². The molecule has 0 radical (unpaired) electrons. The normalized spacial score (nSPS) is 21.4. The molecule has 5 nitrogen and oxygen atoms in total. The Bertz CT molecular complexity index is 280. The maximum atomic E-state index is 12.1. The van der Waals surface area contributed by atoms with Crippen molar-refractivity contribution in [2.75, 3.05) is 26.9 Å². The largest absolute Gasteiger partial charge is 0.381 e. The molecule has 0 aromatic carbocycles. The minimum Gasteiger partial charge on any atom is -0.381 e. The Morgan fingerprint density at radius 1 is 1.44 bits per heavy atom. The predicted molar refractivity (Wildman–Crippen MR) is 70.2 cm³/mol. The summed E-state index contributed by atoms with van der Waals surface area (Å²) >= 11 is 0. The first-order valence-electron chi connectivity index (χ1n) is 6.47. The van der Waals surface area contributed by atoms with E-state index in [4.69, 9.17) is 15.2 Å². The van der Waals surface area contributed by atoms with Crippen LogP contribution in [0.1, 0.15) is 33.6 Å². The molecule has 1 heterocycles. The van der Waals surface area contributed by atoms with Gasteiger partial charge in [-0.25, -0.2) is 0 Å². The van der Waals surface area contributed by atoms with Crippen molar-refractivity contribution in [2.24, 2.45) is 11.1 Å². The number of nitrogens with one attached hydrogen (secondary N) is 1. The third-order valence-corrected chi connectivity index (χ3v) is 3.54. The van der Waals surface area contributed by atoms with Crippen molar-refractivity contribution in [3.63, 3.8) is 0 Å². The van der Waals surface area contributed by atoms with Gasteiger partial charge in [-0.3, -0.25) is 4.79 Å². The van der Waals surface area contributed by atoms with Gasteiger partial charge in [-0.2, -0.15) is 0 Å². The first-order valence-corrected chi connectivity index (χ1v) is 6.47. The van der Waals surface area contributed by atoms with Crippen LogP contribution in [0.5, 0.6) is 0 Å². The molecular formula is C13H26N2O3. The number of hydrogen-bond acceptors (Lipinski definition) is 4. The summed E-state index contributed by atoms with van der Waals surface area (Å²) in [6.07, 6.45) is 1.13. The van der Waals surface area contributed by atoms with Crippen LogP contribution in [-0.4, -0.2) is 44.4 Å². The maximum absolute atomic E-state index is 12.1. The molecule has 1 amide bonds. The molecular weight excluding hydrogens is 232 g/mol. The van der Waals surface area contributed by atoms with Crippen LogP contribution in [0.25, 0.3) is 0 Å². The van der Waals surface area contributed by atoms with Crippen LogP contribution in [-0.2, 0) is 14.3 Å². The summed E-state index contributed by atoms with van der Waals surface area (Å²) in [7, 11) is 1.66. The van der Waals surface area contributed by atoms with Crippen LogP contribution in [0.15, 0.2) is 0 Å². The Labute approximate surface area is 109 Å². The fourth-order valence-corrected chi connectivity index (χ4v) is 2.07. The smallest absolute Gasteiger partial charge is 0.240 e. The van der Waals surface area contributed by atoms with Crippen molar-refractivity contribution in [1.82, 2.24) is 5.32 Å². The van der Waals surface area contributed by atoms with E-state index < -0.39 is 5.54 Å². The van der Waals surface area contributed by atoms with Gasteiger partial charge in [0.2, 0.25) is 5.91 Å². The highest BCUT2D eigenvalue weighted by Gasteiger charge is 2.36. The molecule has 3 N–H and O–H groups in total. The monoisotopic (exact) mass is 258 g/mol. The fourth-order valence-electron chi connectivity index (χ4n) is 2.07. The minimum absolute atomic E-state index is 0.0144. The second-order valence-electron chi connectivity index (χ2n) is 6.07. The number of carbonyl (C=O) groups excluding carboxylic acids is 1. The molecule has 1 fully saturated rings. The summed E-state index contributed by atoms with van der Waals surface area (Å²) in [4.78, 5) is 12.1. The third-order valence-electron chi connectivity index (χ3n) is 3.54. The Morgan fingerprint density at radius 3 is 2.44 bits per heavy atom. The highest BCUT2D eigenvalue weighted by Crippen LogP contribution is 2.22. The van der Waals surface area contributed by atoms with Crippen LogP contribution < -0.4 is 11.1 Å². The van der Waals surface area contributed by atoms with Crippen molar-refractivity contribution in [2.45, 2.75) is 45.3 Å². The summed E-state index contributed by atoms with van der Waals surface area (Å²) in [6.45, 7) is 7.84. The van der Waals surface area contributed by atoms with Crippen LogP contribution in [0.4, 0.5) is 0 Å². The van der Waals surface area contributed by atoms with Crippen molar-refractivity contribution >= 4 is 5.91 Å². The second kappa shape index (κ2) is 5.99. The lowest BCUT2D eigenvalue weighted by molar-refractivity contribution is -0.130. The van der Waals surface area contributed by atoms with E-state index in [9.17, 15) is 4.79 Å². The van der Waals surface area contributed by atoms with E-state index in [1.807, 2.05) is 0 Å². The summed E-state index contributed by atoms with van der Waals surface area (Å²) in [5, 5.41) is 2.91. The van der Waals surface area contributed by atoms with E-state index in [0.29, 0.717) is 32.6 Å². The maximum Gasteiger partial charge on any atom is 0.240 e. The molecule has 0 aromatic rings. The van der Waals surface area contributed by atoms with Crippen molar-refractivity contribution in [1.29, 1.82) is 0 Å². The molecule has 1 unspecified atom stereocenters. The van der Waals surface area contributed by atoms with Gasteiger partial charge < -0.3 is 20.5 Å². The summed E-state index contributed by atoms with van der Waals surface area (Å²) < 4.78 is 10.6. The molecule has 18 heavy (non-hydrogen) atoms. The van der Waals surface area contributed by atoms with Gasteiger partial charge in [0.1, 0.15) is 0 Å². The first-order chi connectivity index (χ1) is 8.29. The molecule has 1 saturated heterocycles. The molecule has 1 atom stereocenters. The molecule has 0 aliphatic carbocycles. The van der Waals surface area contributed by atoms with Gasteiger partial charge >= 0.3 is 0 Å². The van der Waals surface area contributed by atoms with Crippen LogP contribution >= 0.6 is 0 Å². The fraction of sp³-hybridized carbons (Fsp3) is 0.923. The molecule has 0 bridgehead atoms. The number of amides is 1. The standard InChI is InChI=1S/C13H26N2O3/c1-12(2,3)10(17-4)9-15-11(16)13(14)5-7-18-8-6-13/h10H,5-9,14H2,1-4H3,(H,15,16). The number of carbonyl (C=O) groups is 1. The number of hydrogen-bond donors (Lipinski definition) is 2. The molecule has 106 valence electrons. The van der Waals surface area contributed by atoms with E-state index in [1.54, 1.807) is 7.11 Å². The highest BCUT2D eigenvalue weighted by molar-refractivity contribution is 5.86. The zero-order valence-electron chi connectivity index (χ0n) is 11.9. The number of rotatable bonds is 4. The number of nitrogens with two attached hydrogens (primary N) is 1. The van der Waals surface area contributed by atoms with Gasteiger partial charge in [-0.1, -0.05) is 20.8 Å². The summed E-state index contributed by atoms with van der Waals surface area (Å²) in [5.41, 5.74) is 5.31. The zero-order valence-corrected chi connectivity index (χ0v) is 11.9. The lowest BCUT2D eigenvalue weighted by Gasteiger charge is -2.34. The highest BCUT2D eigenvalue weighted by atomic mass is 16.5. The number of ether oxygens (including phenoxy) is 2. The van der Waals surface area contributed by atoms with Gasteiger partial charge in [0.25, 0.3) is 0 Å². The van der Waals surface area contributed by atoms with Crippen LogP contribution in [0, 0.1) is 5.41 Å². The lowest BCUT2D eigenvalue weighted by Crippen LogP contribution is -2.58. The van der Waals surface area contributed by atoms with Gasteiger partial charge in [-0.05, 0) is 18.3 Å². The molecule has 0 saturated carbocycles. The van der Waals surface area contributed by atoms with E-state index >= 15 is 0 Å². The Kier molecular flexibility index (Phi) is 5.13. The van der Waals surface area contributed by atoms with Gasteiger partial charge in [0.05, 0.1) is 11.6 Å². The zero-order chi connectivity index (χ0) is 13.8. The van der Waals surface area contributed by atoms with Gasteiger partial charge in [0.15, 0.2) is 0 Å². The summed E-state index contributed by atoms with van der Waals surface area (Å²) in [5.74, 6) is -0.0999. The Balaban J connectivity index is 2.49. The topological polar surface area (TPSA) is 73.6 Å². The molecule has 0 spiro atoms. The van der Waals surface area contributed by atoms with E-state index in [-0.39, 0.29) is 17.4 Å². The van der Waals surface area contributed by atoms with Crippen LogP contribution in [0.3, 0.4) is 0 Å². The summed E-state index contributed by atoms with van der Waals surface area (Å²) in [6, 6.07) is 0. The average Bonchev–Trinajstić information content (AvgIpc) is 2.28.